The van der Waals surface area contributed by atoms with Crippen LogP contribution >= 0.6 is 0 Å². The molecule has 0 aliphatic heterocycles. The van der Waals surface area contributed by atoms with Crippen LogP contribution in [0.3, 0.4) is 0 Å². The highest BCUT2D eigenvalue weighted by atomic mass is 16.4. The van der Waals surface area contributed by atoms with Crippen molar-refractivity contribution in [3.05, 3.63) is 23.4 Å². The highest BCUT2D eigenvalue weighted by Gasteiger charge is 2.24. The Bertz CT molecular complexity index is 481. The fourth-order valence-corrected chi connectivity index (χ4v) is 3.10. The third-order valence-electron chi connectivity index (χ3n) is 4.13. The number of anilines is 1. The van der Waals surface area contributed by atoms with Gasteiger partial charge in [0.05, 0.1) is 5.56 Å². The second kappa shape index (κ2) is 6.59. The lowest BCUT2D eigenvalue weighted by Gasteiger charge is -2.35. The molecule has 1 aromatic rings. The molecule has 1 aliphatic carbocycles. The Hall–Kier alpha value is -1.78. The molecule has 1 saturated carbocycles. The fraction of sp³-hybridized carbons (Fsp3) is 0.600. The molecular weight excluding hydrogens is 252 g/mol. The van der Waals surface area contributed by atoms with Crippen LogP contribution in [-0.4, -0.2) is 28.6 Å². The largest absolute Gasteiger partial charge is 0.409 e. The molecule has 5 heteroatoms. The van der Waals surface area contributed by atoms with Crippen LogP contribution in [0.25, 0.3) is 0 Å². The summed E-state index contributed by atoms with van der Waals surface area (Å²) < 4.78 is 0. The van der Waals surface area contributed by atoms with Gasteiger partial charge in [0.2, 0.25) is 0 Å². The lowest BCUT2D eigenvalue weighted by molar-refractivity contribution is 0.318. The molecule has 1 aromatic heterocycles. The molecule has 0 unspecified atom stereocenters. The van der Waals surface area contributed by atoms with Crippen molar-refractivity contribution in [1.82, 2.24) is 4.98 Å². The number of pyridine rings is 1. The topological polar surface area (TPSA) is 74.7 Å². The smallest absolute Gasteiger partial charge is 0.174 e. The number of oxime groups is 1. The Kier molecular flexibility index (Phi) is 4.82. The van der Waals surface area contributed by atoms with Crippen molar-refractivity contribution in [2.24, 2.45) is 10.9 Å². The van der Waals surface area contributed by atoms with E-state index < -0.39 is 0 Å². The van der Waals surface area contributed by atoms with E-state index in [9.17, 15) is 0 Å². The van der Waals surface area contributed by atoms with Crippen LogP contribution in [0.15, 0.2) is 17.4 Å². The van der Waals surface area contributed by atoms with Crippen LogP contribution in [0, 0.1) is 6.92 Å². The molecule has 0 bridgehead atoms. The normalized spacial score (nSPS) is 17.2. The lowest BCUT2D eigenvalue weighted by Crippen LogP contribution is -2.39. The van der Waals surface area contributed by atoms with Crippen molar-refractivity contribution >= 4 is 11.7 Å². The second-order valence-corrected chi connectivity index (χ2v) is 5.39. The number of rotatable bonds is 4. The van der Waals surface area contributed by atoms with Gasteiger partial charge in [-0.15, -0.1) is 0 Å². The van der Waals surface area contributed by atoms with Gasteiger partial charge < -0.3 is 15.8 Å². The van der Waals surface area contributed by atoms with E-state index in [1.807, 2.05) is 13.0 Å². The first-order valence-electron chi connectivity index (χ1n) is 7.39. The van der Waals surface area contributed by atoms with E-state index in [1.165, 1.54) is 32.1 Å². The van der Waals surface area contributed by atoms with Crippen LogP contribution in [0.5, 0.6) is 0 Å². The van der Waals surface area contributed by atoms with Gasteiger partial charge in [0.25, 0.3) is 0 Å². The predicted octanol–water partition coefficient (Wildman–Crippen LogP) is 2.64. The second-order valence-electron chi connectivity index (χ2n) is 5.39. The van der Waals surface area contributed by atoms with Crippen LogP contribution < -0.4 is 10.6 Å². The van der Waals surface area contributed by atoms with E-state index in [0.29, 0.717) is 6.04 Å². The molecule has 2 rings (SSSR count). The number of amidine groups is 1. The van der Waals surface area contributed by atoms with Gasteiger partial charge in [-0.05, 0) is 38.3 Å². The number of aryl methyl sites for hydroxylation is 1. The Labute approximate surface area is 120 Å². The summed E-state index contributed by atoms with van der Waals surface area (Å²) in [6.07, 6.45) is 8.04. The zero-order valence-corrected chi connectivity index (χ0v) is 12.3. The summed E-state index contributed by atoms with van der Waals surface area (Å²) in [7, 11) is 0. The molecule has 110 valence electrons. The Balaban J connectivity index is 2.41. The van der Waals surface area contributed by atoms with Gasteiger partial charge in [-0.1, -0.05) is 24.4 Å². The standard InChI is InChI=1S/C15H24N4O/c1-3-19(12-7-5-4-6-8-12)15-13(14(16)18-20)11(2)9-10-17-15/h9-10,12,20H,3-8H2,1-2H3,(H2,16,18). The van der Waals surface area contributed by atoms with Gasteiger partial charge in [-0.3, -0.25) is 0 Å². The minimum Gasteiger partial charge on any atom is -0.409 e. The maximum Gasteiger partial charge on any atom is 0.174 e. The number of nitrogens with zero attached hydrogens (tertiary/aromatic N) is 3. The van der Waals surface area contributed by atoms with Crippen molar-refractivity contribution < 1.29 is 5.21 Å². The molecule has 0 atom stereocenters. The van der Waals surface area contributed by atoms with E-state index >= 15 is 0 Å². The molecule has 3 N–H and O–H groups in total. The summed E-state index contributed by atoms with van der Waals surface area (Å²) in [4.78, 5) is 6.81. The van der Waals surface area contributed by atoms with E-state index in [2.05, 4.69) is 22.0 Å². The Morgan fingerprint density at radius 2 is 2.15 bits per heavy atom. The monoisotopic (exact) mass is 276 g/mol. The molecule has 0 radical (unpaired) electrons. The summed E-state index contributed by atoms with van der Waals surface area (Å²) in [6.45, 7) is 4.98. The molecule has 0 spiro atoms. The molecule has 1 fully saturated rings. The highest BCUT2D eigenvalue weighted by molar-refractivity contribution is 6.02. The van der Waals surface area contributed by atoms with Crippen molar-refractivity contribution in [3.63, 3.8) is 0 Å². The molecule has 5 nitrogen and oxygen atoms in total. The van der Waals surface area contributed by atoms with Gasteiger partial charge in [-0.2, -0.15) is 0 Å². The number of aromatic nitrogens is 1. The van der Waals surface area contributed by atoms with Crippen molar-refractivity contribution in [1.29, 1.82) is 0 Å². The van der Waals surface area contributed by atoms with Gasteiger partial charge in [-0.25, -0.2) is 4.98 Å². The number of hydrogen-bond donors (Lipinski definition) is 2. The first-order valence-corrected chi connectivity index (χ1v) is 7.39. The summed E-state index contributed by atoms with van der Waals surface area (Å²) >= 11 is 0. The van der Waals surface area contributed by atoms with Gasteiger partial charge >= 0.3 is 0 Å². The maximum absolute atomic E-state index is 9.02. The highest BCUT2D eigenvalue weighted by Crippen LogP contribution is 2.29. The molecule has 0 amide bonds. The SMILES string of the molecule is CCN(c1nccc(C)c1/C(N)=N/O)C1CCCCC1. The third kappa shape index (κ3) is 2.86. The van der Waals surface area contributed by atoms with E-state index in [4.69, 9.17) is 10.9 Å². The lowest BCUT2D eigenvalue weighted by atomic mass is 9.93. The number of nitrogens with two attached hydrogens (primary N) is 1. The van der Waals surface area contributed by atoms with Crippen molar-refractivity contribution in [3.8, 4) is 0 Å². The van der Waals surface area contributed by atoms with E-state index in [1.54, 1.807) is 6.20 Å². The first kappa shape index (κ1) is 14.6. The Morgan fingerprint density at radius 1 is 1.45 bits per heavy atom. The average Bonchev–Trinajstić information content (AvgIpc) is 2.48. The summed E-state index contributed by atoms with van der Waals surface area (Å²) in [5.41, 5.74) is 7.59. The van der Waals surface area contributed by atoms with Gasteiger partial charge in [0, 0.05) is 18.8 Å². The molecule has 20 heavy (non-hydrogen) atoms. The minimum absolute atomic E-state index is 0.139. The summed E-state index contributed by atoms with van der Waals surface area (Å²) in [5, 5.41) is 12.2. The predicted molar refractivity (Wildman–Crippen MR) is 81.4 cm³/mol. The maximum atomic E-state index is 9.02. The van der Waals surface area contributed by atoms with Gasteiger partial charge in [0.1, 0.15) is 5.82 Å². The van der Waals surface area contributed by atoms with Crippen LogP contribution in [0.2, 0.25) is 0 Å². The zero-order valence-electron chi connectivity index (χ0n) is 12.3. The minimum atomic E-state index is 0.139. The Morgan fingerprint density at radius 3 is 2.75 bits per heavy atom. The molecular formula is C15H24N4O. The zero-order chi connectivity index (χ0) is 14.5. The molecule has 1 heterocycles. The fourth-order valence-electron chi connectivity index (χ4n) is 3.10. The van der Waals surface area contributed by atoms with Crippen LogP contribution in [0.1, 0.15) is 50.2 Å². The average molecular weight is 276 g/mol. The summed E-state index contributed by atoms with van der Waals surface area (Å²) in [5.74, 6) is 0.981. The van der Waals surface area contributed by atoms with Crippen molar-refractivity contribution in [2.45, 2.75) is 52.0 Å². The van der Waals surface area contributed by atoms with Crippen LogP contribution in [0.4, 0.5) is 5.82 Å². The van der Waals surface area contributed by atoms with E-state index in [0.717, 1.165) is 23.5 Å². The quantitative estimate of drug-likeness (QED) is 0.384. The number of hydrogen-bond acceptors (Lipinski definition) is 4. The van der Waals surface area contributed by atoms with Crippen molar-refractivity contribution in [2.75, 3.05) is 11.4 Å². The van der Waals surface area contributed by atoms with Crippen LogP contribution in [-0.2, 0) is 0 Å². The third-order valence-corrected chi connectivity index (χ3v) is 4.13. The molecule has 1 aliphatic rings. The van der Waals surface area contributed by atoms with E-state index in [-0.39, 0.29) is 5.84 Å². The molecule has 0 saturated heterocycles. The summed E-state index contributed by atoms with van der Waals surface area (Å²) in [6, 6.07) is 2.40. The first-order chi connectivity index (χ1) is 9.69. The van der Waals surface area contributed by atoms with Gasteiger partial charge in [0.15, 0.2) is 5.84 Å². The molecule has 0 aromatic carbocycles.